The normalized spacial score (nSPS) is 22.6. The van der Waals surface area contributed by atoms with Crippen LogP contribution in [0, 0.1) is 5.92 Å². The summed E-state index contributed by atoms with van der Waals surface area (Å²) in [5, 5.41) is 22.5. The third kappa shape index (κ3) is 6.20. The van der Waals surface area contributed by atoms with Crippen LogP contribution in [-0.4, -0.2) is 49.5 Å². The first-order chi connectivity index (χ1) is 17.0. The highest BCUT2D eigenvalue weighted by atomic mass is 16.7. The highest BCUT2D eigenvalue weighted by molar-refractivity contribution is 5.27. The fraction of sp³-hybridized carbons (Fsp3) is 0.357. The van der Waals surface area contributed by atoms with Gasteiger partial charge in [0.15, 0.2) is 5.79 Å². The quantitative estimate of drug-likeness (QED) is 0.403. The fourth-order valence-corrected chi connectivity index (χ4v) is 4.18. The van der Waals surface area contributed by atoms with Crippen molar-refractivity contribution >= 4 is 0 Å². The van der Waals surface area contributed by atoms with E-state index in [1.807, 2.05) is 78.9 Å². The Morgan fingerprint density at radius 3 is 2.00 bits per heavy atom. The minimum atomic E-state index is -1.62. The van der Waals surface area contributed by atoms with Gasteiger partial charge in [0, 0.05) is 0 Å². The summed E-state index contributed by atoms with van der Waals surface area (Å²) in [6.45, 7) is 0.574. The van der Waals surface area contributed by atoms with Crippen LogP contribution in [0.25, 0.3) is 0 Å². The molecule has 1 heterocycles. The van der Waals surface area contributed by atoms with Crippen LogP contribution in [0.1, 0.15) is 22.8 Å². The van der Waals surface area contributed by atoms with E-state index < -0.39 is 23.9 Å². The lowest BCUT2D eigenvalue weighted by Gasteiger charge is -2.32. The molecule has 1 saturated heterocycles. The summed E-state index contributed by atoms with van der Waals surface area (Å²) in [5.74, 6) is -0.729. The summed E-state index contributed by atoms with van der Waals surface area (Å²) >= 11 is 0. The van der Waals surface area contributed by atoms with Gasteiger partial charge in [0.25, 0.3) is 0 Å². The lowest BCUT2D eigenvalue weighted by molar-refractivity contribution is -0.238. The summed E-state index contributed by atoms with van der Waals surface area (Å²) in [4.78, 5) is 0. The standard InChI is InChI=1S/C28H32O7/c1-31-23-12-8-20(9-13-23)16-33-18-25-27(26(29)22-6-4-3-5-7-22)34-19-28(25,30)35-17-21-10-14-24(32-2)15-11-21/h3-15,25-27,29-30H,16-19H2,1-2H3/t25-,26+,27-,28+/m0/s1. The molecule has 3 aromatic rings. The Morgan fingerprint density at radius 1 is 0.857 bits per heavy atom. The lowest BCUT2D eigenvalue weighted by atomic mass is 9.90. The zero-order valence-corrected chi connectivity index (χ0v) is 20.0. The van der Waals surface area contributed by atoms with Crippen molar-refractivity contribution < 1.29 is 33.9 Å². The van der Waals surface area contributed by atoms with Gasteiger partial charge in [-0.05, 0) is 41.0 Å². The molecular formula is C28H32O7. The molecule has 0 spiro atoms. The second-order valence-corrected chi connectivity index (χ2v) is 8.58. The van der Waals surface area contributed by atoms with E-state index in [1.165, 1.54) is 0 Å². The average molecular weight is 481 g/mol. The summed E-state index contributed by atoms with van der Waals surface area (Å²) in [6.07, 6.45) is -1.64. The number of hydrogen-bond acceptors (Lipinski definition) is 7. The zero-order valence-electron chi connectivity index (χ0n) is 20.0. The van der Waals surface area contributed by atoms with Crippen molar-refractivity contribution in [1.82, 2.24) is 0 Å². The van der Waals surface area contributed by atoms with Crippen LogP contribution < -0.4 is 9.47 Å². The van der Waals surface area contributed by atoms with Crippen molar-refractivity contribution in [1.29, 1.82) is 0 Å². The molecule has 7 heteroatoms. The Morgan fingerprint density at radius 2 is 1.43 bits per heavy atom. The van der Waals surface area contributed by atoms with Gasteiger partial charge in [0.2, 0.25) is 0 Å². The molecule has 0 saturated carbocycles. The maximum absolute atomic E-state index is 11.5. The first-order valence-electron chi connectivity index (χ1n) is 11.6. The number of methoxy groups -OCH3 is 2. The predicted octanol–water partition coefficient (Wildman–Crippen LogP) is 3.87. The Balaban J connectivity index is 1.46. The van der Waals surface area contributed by atoms with E-state index in [2.05, 4.69) is 0 Å². The number of hydrogen-bond donors (Lipinski definition) is 2. The SMILES string of the molecule is COc1ccc(COC[C@H]2[C@@H]([C@H](O)c3ccccc3)OC[C@@]2(O)OCc2ccc(OC)cc2)cc1. The predicted molar refractivity (Wildman–Crippen MR) is 130 cm³/mol. The summed E-state index contributed by atoms with van der Waals surface area (Å²) in [7, 11) is 3.23. The molecule has 1 aliphatic heterocycles. The highest BCUT2D eigenvalue weighted by Gasteiger charge is 2.52. The van der Waals surface area contributed by atoms with Gasteiger partial charge >= 0.3 is 0 Å². The molecule has 0 aromatic heterocycles. The van der Waals surface area contributed by atoms with E-state index in [-0.39, 0.29) is 19.8 Å². The van der Waals surface area contributed by atoms with Crippen molar-refractivity contribution in [3.8, 4) is 11.5 Å². The maximum atomic E-state index is 11.5. The van der Waals surface area contributed by atoms with E-state index in [0.717, 1.165) is 22.6 Å². The molecule has 4 atom stereocenters. The third-order valence-corrected chi connectivity index (χ3v) is 6.28. The molecule has 2 N–H and O–H groups in total. The zero-order chi connectivity index (χ0) is 24.7. The van der Waals surface area contributed by atoms with Gasteiger partial charge in [-0.25, -0.2) is 0 Å². The number of aliphatic hydroxyl groups is 2. The van der Waals surface area contributed by atoms with Crippen molar-refractivity contribution in [3.63, 3.8) is 0 Å². The van der Waals surface area contributed by atoms with Gasteiger partial charge in [-0.3, -0.25) is 0 Å². The largest absolute Gasteiger partial charge is 0.497 e. The van der Waals surface area contributed by atoms with E-state index in [9.17, 15) is 10.2 Å². The molecule has 7 nitrogen and oxygen atoms in total. The van der Waals surface area contributed by atoms with Crippen LogP contribution in [0.4, 0.5) is 0 Å². The van der Waals surface area contributed by atoms with Crippen molar-refractivity contribution in [2.75, 3.05) is 27.4 Å². The Bertz CT molecular complexity index is 1040. The smallest absolute Gasteiger partial charge is 0.197 e. The van der Waals surface area contributed by atoms with Crippen molar-refractivity contribution in [2.24, 2.45) is 5.92 Å². The lowest BCUT2D eigenvalue weighted by Crippen LogP contribution is -2.45. The minimum Gasteiger partial charge on any atom is -0.497 e. The first-order valence-corrected chi connectivity index (χ1v) is 11.6. The molecular weight excluding hydrogens is 448 g/mol. The molecule has 1 aliphatic rings. The van der Waals surface area contributed by atoms with E-state index in [1.54, 1.807) is 14.2 Å². The van der Waals surface area contributed by atoms with E-state index in [0.29, 0.717) is 12.2 Å². The second-order valence-electron chi connectivity index (χ2n) is 8.58. The topological polar surface area (TPSA) is 86.6 Å². The van der Waals surface area contributed by atoms with Crippen LogP contribution in [0.2, 0.25) is 0 Å². The number of benzene rings is 3. The third-order valence-electron chi connectivity index (χ3n) is 6.28. The number of rotatable bonds is 11. The second kappa shape index (κ2) is 11.7. The average Bonchev–Trinajstić information content (AvgIpc) is 3.24. The highest BCUT2D eigenvalue weighted by Crippen LogP contribution is 2.39. The Hall–Kier alpha value is -2.94. The Kier molecular flexibility index (Phi) is 8.38. The van der Waals surface area contributed by atoms with Gasteiger partial charge < -0.3 is 33.9 Å². The molecule has 0 amide bonds. The Labute approximate surface area is 205 Å². The molecule has 0 bridgehead atoms. The molecule has 0 unspecified atom stereocenters. The summed E-state index contributed by atoms with van der Waals surface area (Å²) in [6, 6.07) is 24.3. The summed E-state index contributed by atoms with van der Waals surface area (Å²) < 4.78 is 28.3. The van der Waals surface area contributed by atoms with Gasteiger partial charge in [0.05, 0.1) is 46.1 Å². The van der Waals surface area contributed by atoms with Gasteiger partial charge in [-0.1, -0.05) is 54.6 Å². The van der Waals surface area contributed by atoms with Crippen LogP contribution >= 0.6 is 0 Å². The molecule has 3 aromatic carbocycles. The summed E-state index contributed by atoms with van der Waals surface area (Å²) in [5.41, 5.74) is 2.55. The van der Waals surface area contributed by atoms with E-state index in [4.69, 9.17) is 23.7 Å². The number of aliphatic hydroxyl groups excluding tert-OH is 1. The molecule has 4 rings (SSSR count). The van der Waals surface area contributed by atoms with Crippen molar-refractivity contribution in [3.05, 3.63) is 95.6 Å². The molecule has 186 valence electrons. The van der Waals surface area contributed by atoms with Crippen LogP contribution in [-0.2, 0) is 27.4 Å². The minimum absolute atomic E-state index is 0.0751. The van der Waals surface area contributed by atoms with Crippen molar-refractivity contribution in [2.45, 2.75) is 31.2 Å². The van der Waals surface area contributed by atoms with Gasteiger partial charge in [0.1, 0.15) is 24.2 Å². The first kappa shape index (κ1) is 25.2. The fourth-order valence-electron chi connectivity index (χ4n) is 4.18. The molecule has 0 radical (unpaired) electrons. The van der Waals surface area contributed by atoms with E-state index >= 15 is 0 Å². The molecule has 1 fully saturated rings. The van der Waals surface area contributed by atoms with Gasteiger partial charge in [-0.2, -0.15) is 0 Å². The maximum Gasteiger partial charge on any atom is 0.197 e. The number of ether oxygens (including phenoxy) is 5. The monoisotopic (exact) mass is 480 g/mol. The van der Waals surface area contributed by atoms with Crippen LogP contribution in [0.3, 0.4) is 0 Å². The molecule has 0 aliphatic carbocycles. The van der Waals surface area contributed by atoms with Crippen LogP contribution in [0.5, 0.6) is 11.5 Å². The van der Waals surface area contributed by atoms with Crippen LogP contribution in [0.15, 0.2) is 78.9 Å². The van der Waals surface area contributed by atoms with Gasteiger partial charge in [-0.15, -0.1) is 0 Å². The molecule has 35 heavy (non-hydrogen) atoms.